The third-order valence-electron chi connectivity index (χ3n) is 5.33. The topological polar surface area (TPSA) is 177 Å². The van der Waals surface area contributed by atoms with Crippen molar-refractivity contribution in [3.63, 3.8) is 0 Å². The molecule has 0 spiro atoms. The Morgan fingerprint density at radius 1 is 1.16 bits per heavy atom. The van der Waals surface area contributed by atoms with E-state index in [-0.39, 0.29) is 22.9 Å². The maximum Gasteiger partial charge on any atom is 0.228 e. The van der Waals surface area contributed by atoms with Gasteiger partial charge in [-0.1, -0.05) is 18.2 Å². The standard InChI is InChI=1S/C20H20N8O4/c21-17-14-18(24-9-23-17)28(19-16(31)15(30)13(8-29)32-19)20(26-14)27-25-7-10-5-6-22-12-4-2-1-3-11(10)12/h1-7,9,13,15-16,19,29-31H,8H2,(H,26,27)(H2,21,23,24)/b25-7+/t13-,15-,16-,19-/m0/s1. The van der Waals surface area contributed by atoms with E-state index >= 15 is 0 Å². The molecule has 4 atom stereocenters. The quantitative estimate of drug-likeness (QED) is 0.212. The van der Waals surface area contributed by atoms with Crippen LogP contribution >= 0.6 is 0 Å². The summed E-state index contributed by atoms with van der Waals surface area (Å²) < 4.78 is 7.09. The third-order valence-corrected chi connectivity index (χ3v) is 5.33. The summed E-state index contributed by atoms with van der Waals surface area (Å²) in [5.74, 6) is 0.296. The number of hydrogen-bond acceptors (Lipinski definition) is 11. The second-order valence-corrected chi connectivity index (χ2v) is 7.25. The lowest BCUT2D eigenvalue weighted by molar-refractivity contribution is -0.0501. The molecule has 1 aromatic carbocycles. The first-order chi connectivity index (χ1) is 15.6. The number of aliphatic hydroxyl groups is 3. The van der Waals surface area contributed by atoms with Crippen LogP contribution in [0.25, 0.3) is 22.1 Å². The van der Waals surface area contributed by atoms with Gasteiger partial charge in [-0.2, -0.15) is 5.10 Å². The van der Waals surface area contributed by atoms with Gasteiger partial charge in [0, 0.05) is 17.1 Å². The van der Waals surface area contributed by atoms with Crippen molar-refractivity contribution in [2.45, 2.75) is 24.5 Å². The highest BCUT2D eigenvalue weighted by molar-refractivity contribution is 5.98. The van der Waals surface area contributed by atoms with E-state index in [0.717, 1.165) is 16.5 Å². The molecule has 0 amide bonds. The average molecular weight is 436 g/mol. The fourth-order valence-corrected chi connectivity index (χ4v) is 3.73. The number of nitrogens with two attached hydrogens (primary N) is 1. The summed E-state index contributed by atoms with van der Waals surface area (Å²) in [7, 11) is 0. The number of hydrogen-bond donors (Lipinski definition) is 5. The second kappa shape index (κ2) is 8.09. The number of aliphatic hydroxyl groups excluding tert-OH is 3. The number of anilines is 2. The molecule has 32 heavy (non-hydrogen) atoms. The number of pyridine rings is 1. The SMILES string of the molecule is Nc1ncnc2c1nc(N/N=C/c1ccnc3ccccc13)n2[C@H]1O[C@@H](CO)[C@H](O)[C@@H]1O. The zero-order valence-electron chi connectivity index (χ0n) is 16.6. The summed E-state index contributed by atoms with van der Waals surface area (Å²) in [6, 6.07) is 9.49. The Balaban J connectivity index is 1.53. The molecule has 164 valence electrons. The van der Waals surface area contributed by atoms with Crippen molar-refractivity contribution in [1.82, 2.24) is 24.5 Å². The first kappa shape index (κ1) is 20.2. The molecule has 5 rings (SSSR count). The predicted molar refractivity (Wildman–Crippen MR) is 116 cm³/mol. The van der Waals surface area contributed by atoms with Crippen LogP contribution in [-0.2, 0) is 4.74 Å². The van der Waals surface area contributed by atoms with Gasteiger partial charge in [0.2, 0.25) is 5.95 Å². The zero-order valence-corrected chi connectivity index (χ0v) is 16.6. The molecule has 0 unspecified atom stereocenters. The molecule has 1 saturated heterocycles. The van der Waals surface area contributed by atoms with E-state index < -0.39 is 31.1 Å². The van der Waals surface area contributed by atoms with Crippen LogP contribution in [0.2, 0.25) is 0 Å². The number of para-hydroxylation sites is 1. The number of nitrogens with zero attached hydrogens (tertiary/aromatic N) is 6. The van der Waals surface area contributed by atoms with Crippen LogP contribution in [0.4, 0.5) is 11.8 Å². The van der Waals surface area contributed by atoms with Crippen molar-refractivity contribution in [3.8, 4) is 0 Å². The molecule has 0 aliphatic carbocycles. The van der Waals surface area contributed by atoms with E-state index in [1.165, 1.54) is 10.9 Å². The van der Waals surface area contributed by atoms with Gasteiger partial charge in [-0.3, -0.25) is 9.55 Å². The lowest BCUT2D eigenvalue weighted by Crippen LogP contribution is -2.33. The van der Waals surface area contributed by atoms with Crippen LogP contribution in [-0.4, -0.2) is 71.0 Å². The van der Waals surface area contributed by atoms with E-state index in [9.17, 15) is 15.3 Å². The lowest BCUT2D eigenvalue weighted by atomic mass is 10.1. The molecule has 0 radical (unpaired) electrons. The average Bonchev–Trinajstić information content (AvgIpc) is 3.31. The van der Waals surface area contributed by atoms with Crippen molar-refractivity contribution in [2.24, 2.45) is 5.10 Å². The van der Waals surface area contributed by atoms with E-state index in [4.69, 9.17) is 10.5 Å². The molecule has 1 aliphatic rings. The van der Waals surface area contributed by atoms with Gasteiger partial charge in [-0.05, 0) is 12.1 Å². The maximum absolute atomic E-state index is 10.5. The second-order valence-electron chi connectivity index (χ2n) is 7.25. The van der Waals surface area contributed by atoms with E-state index in [2.05, 4.69) is 30.5 Å². The molecule has 0 bridgehead atoms. The van der Waals surface area contributed by atoms with Gasteiger partial charge in [0.15, 0.2) is 23.2 Å². The highest BCUT2D eigenvalue weighted by Gasteiger charge is 2.45. The van der Waals surface area contributed by atoms with Crippen LogP contribution in [0, 0.1) is 0 Å². The lowest BCUT2D eigenvalue weighted by Gasteiger charge is -2.18. The monoisotopic (exact) mass is 436 g/mol. The highest BCUT2D eigenvalue weighted by atomic mass is 16.6. The Morgan fingerprint density at radius 2 is 2.00 bits per heavy atom. The third kappa shape index (κ3) is 3.31. The number of imidazole rings is 1. The number of ether oxygens (including phenoxy) is 1. The Labute approximate surface area is 181 Å². The summed E-state index contributed by atoms with van der Waals surface area (Å²) >= 11 is 0. The number of rotatable bonds is 5. The summed E-state index contributed by atoms with van der Waals surface area (Å²) in [6.45, 7) is -0.464. The van der Waals surface area contributed by atoms with Gasteiger partial charge >= 0.3 is 0 Å². The van der Waals surface area contributed by atoms with Gasteiger partial charge < -0.3 is 25.8 Å². The minimum Gasteiger partial charge on any atom is -0.394 e. The largest absolute Gasteiger partial charge is 0.394 e. The zero-order chi connectivity index (χ0) is 22.2. The van der Waals surface area contributed by atoms with Crippen LogP contribution in [0.3, 0.4) is 0 Å². The van der Waals surface area contributed by atoms with Crippen molar-refractivity contribution >= 4 is 40.0 Å². The molecular weight excluding hydrogens is 416 g/mol. The van der Waals surface area contributed by atoms with Crippen molar-refractivity contribution < 1.29 is 20.1 Å². The number of nitrogen functional groups attached to an aromatic ring is 1. The first-order valence-electron chi connectivity index (χ1n) is 9.82. The van der Waals surface area contributed by atoms with Crippen LogP contribution in [0.5, 0.6) is 0 Å². The normalized spacial score (nSPS) is 23.5. The molecule has 1 aliphatic heterocycles. The van der Waals surface area contributed by atoms with E-state index in [1.54, 1.807) is 12.4 Å². The summed E-state index contributed by atoms with van der Waals surface area (Å²) in [5.41, 5.74) is 11.0. The molecular formula is C20H20N8O4. The number of fused-ring (bicyclic) bond motifs is 2. The van der Waals surface area contributed by atoms with Gasteiger partial charge in [-0.25, -0.2) is 20.4 Å². The van der Waals surface area contributed by atoms with Gasteiger partial charge in [-0.15, -0.1) is 0 Å². The molecule has 0 saturated carbocycles. The molecule has 3 aromatic heterocycles. The minimum absolute atomic E-state index is 0.132. The van der Waals surface area contributed by atoms with Crippen molar-refractivity contribution in [2.75, 3.05) is 17.8 Å². The minimum atomic E-state index is -1.34. The Kier molecular flexibility index (Phi) is 5.11. The van der Waals surface area contributed by atoms with Gasteiger partial charge in [0.05, 0.1) is 18.3 Å². The summed E-state index contributed by atoms with van der Waals surface area (Å²) in [5, 5.41) is 35.4. The van der Waals surface area contributed by atoms with Crippen molar-refractivity contribution in [3.05, 3.63) is 48.4 Å². The molecule has 1 fully saturated rings. The van der Waals surface area contributed by atoms with Gasteiger partial charge in [0.1, 0.15) is 24.6 Å². The molecule has 6 N–H and O–H groups in total. The van der Waals surface area contributed by atoms with Crippen LogP contribution < -0.4 is 11.2 Å². The maximum atomic E-state index is 10.5. The van der Waals surface area contributed by atoms with Gasteiger partial charge in [0.25, 0.3) is 0 Å². The first-order valence-corrected chi connectivity index (χ1v) is 9.82. The van der Waals surface area contributed by atoms with Crippen molar-refractivity contribution in [1.29, 1.82) is 0 Å². The van der Waals surface area contributed by atoms with E-state index in [1.807, 2.05) is 30.3 Å². The Bertz CT molecular complexity index is 1300. The van der Waals surface area contributed by atoms with E-state index in [0.29, 0.717) is 0 Å². The van der Waals surface area contributed by atoms with Crippen LogP contribution in [0.1, 0.15) is 11.8 Å². The Hall–Kier alpha value is -3.71. The number of benzene rings is 1. The molecule has 4 heterocycles. The molecule has 12 nitrogen and oxygen atoms in total. The summed E-state index contributed by atoms with van der Waals surface area (Å²) in [6.07, 6.45) is -0.121. The fourth-order valence-electron chi connectivity index (χ4n) is 3.73. The highest BCUT2D eigenvalue weighted by Crippen LogP contribution is 2.35. The number of nitrogens with one attached hydrogen (secondary N) is 1. The molecule has 4 aromatic rings. The Morgan fingerprint density at radius 3 is 2.81 bits per heavy atom. The fraction of sp³-hybridized carbons (Fsp3) is 0.250. The number of hydrazone groups is 1. The molecule has 12 heteroatoms. The van der Waals surface area contributed by atoms with Crippen LogP contribution in [0.15, 0.2) is 48.0 Å². The summed E-state index contributed by atoms with van der Waals surface area (Å²) in [4.78, 5) is 16.9. The number of aromatic nitrogens is 5. The smallest absolute Gasteiger partial charge is 0.228 e. The predicted octanol–water partition coefficient (Wildman–Crippen LogP) is 0.0142.